The van der Waals surface area contributed by atoms with Gasteiger partial charge in [0.05, 0.1) is 18.2 Å². The van der Waals surface area contributed by atoms with Gasteiger partial charge in [-0.25, -0.2) is 4.79 Å². The third-order valence-corrected chi connectivity index (χ3v) is 5.35. The average Bonchev–Trinajstić information content (AvgIpc) is 2.95. The van der Waals surface area contributed by atoms with Crippen LogP contribution in [0.2, 0.25) is 0 Å². The molecule has 0 saturated heterocycles. The molecule has 0 aromatic heterocycles. The Morgan fingerprint density at radius 2 is 2.15 bits per heavy atom. The van der Waals surface area contributed by atoms with Crippen LogP contribution in [0.5, 0.6) is 5.75 Å². The highest BCUT2D eigenvalue weighted by Crippen LogP contribution is 2.47. The second kappa shape index (κ2) is 7.18. The average molecular weight is 387 g/mol. The first kappa shape index (κ1) is 19.1. The number of hydrogen-bond donors (Lipinski definition) is 3. The SMILES string of the molecule is CC(C)(O)C#Cc1ccc2c(c1)C1=C(SCN1C(N)=O)C(CC(N)=O)CO2. The molecule has 3 rings (SSSR count). The Morgan fingerprint density at radius 1 is 1.41 bits per heavy atom. The van der Waals surface area contributed by atoms with Gasteiger partial charge >= 0.3 is 6.03 Å². The fourth-order valence-corrected chi connectivity index (χ4v) is 4.24. The summed E-state index contributed by atoms with van der Waals surface area (Å²) < 4.78 is 5.89. The minimum Gasteiger partial charge on any atom is -0.492 e. The van der Waals surface area contributed by atoms with E-state index in [1.807, 2.05) is 0 Å². The maximum absolute atomic E-state index is 12.0. The third-order valence-electron chi connectivity index (χ3n) is 4.12. The number of rotatable bonds is 2. The molecule has 1 unspecified atom stereocenters. The van der Waals surface area contributed by atoms with E-state index in [-0.39, 0.29) is 18.9 Å². The Balaban J connectivity index is 2.12. The van der Waals surface area contributed by atoms with E-state index in [0.717, 1.165) is 4.91 Å². The van der Waals surface area contributed by atoms with Gasteiger partial charge in [-0.2, -0.15) is 0 Å². The summed E-state index contributed by atoms with van der Waals surface area (Å²) in [6, 6.07) is 4.77. The van der Waals surface area contributed by atoms with Crippen LogP contribution in [-0.4, -0.2) is 40.0 Å². The normalized spacial score (nSPS) is 18.6. The topological polar surface area (TPSA) is 119 Å². The highest BCUT2D eigenvalue weighted by molar-refractivity contribution is 8.03. The summed E-state index contributed by atoms with van der Waals surface area (Å²) in [7, 11) is 0. The molecule has 2 aliphatic rings. The van der Waals surface area contributed by atoms with E-state index in [2.05, 4.69) is 11.8 Å². The number of amides is 3. The zero-order valence-corrected chi connectivity index (χ0v) is 15.9. The largest absolute Gasteiger partial charge is 0.492 e. The summed E-state index contributed by atoms with van der Waals surface area (Å²) in [4.78, 5) is 25.8. The van der Waals surface area contributed by atoms with E-state index >= 15 is 0 Å². The molecule has 0 saturated carbocycles. The van der Waals surface area contributed by atoms with E-state index in [9.17, 15) is 14.7 Å². The summed E-state index contributed by atoms with van der Waals surface area (Å²) in [6.45, 7) is 3.48. The van der Waals surface area contributed by atoms with Crippen molar-refractivity contribution in [2.24, 2.45) is 17.4 Å². The van der Waals surface area contributed by atoms with Crippen molar-refractivity contribution in [3.63, 3.8) is 0 Å². The number of benzene rings is 1. The Morgan fingerprint density at radius 3 is 2.78 bits per heavy atom. The first-order valence-corrected chi connectivity index (χ1v) is 9.39. The number of thioether (sulfide) groups is 1. The summed E-state index contributed by atoms with van der Waals surface area (Å²) in [5.41, 5.74) is 11.8. The standard InChI is InChI=1S/C19H21N3O4S/c1-19(2,25)6-5-11-3-4-14-13(7-11)16-17(27-10-22(16)18(21)24)12(9-26-14)8-15(20)23/h3-4,7,12,25H,8-10H2,1-2H3,(H2,20,23)(H2,21,24). The zero-order chi connectivity index (χ0) is 19.8. The molecule has 1 aromatic carbocycles. The molecule has 0 spiro atoms. The molecule has 5 N–H and O–H groups in total. The lowest BCUT2D eigenvalue weighted by Crippen LogP contribution is -2.32. The van der Waals surface area contributed by atoms with Crippen molar-refractivity contribution in [3.05, 3.63) is 34.2 Å². The molecule has 1 atom stereocenters. The maximum Gasteiger partial charge on any atom is 0.320 e. The van der Waals surface area contributed by atoms with Crippen LogP contribution in [0.3, 0.4) is 0 Å². The number of hydrogen-bond acceptors (Lipinski definition) is 5. The molecule has 0 fully saturated rings. The quantitative estimate of drug-likeness (QED) is 0.664. The van der Waals surface area contributed by atoms with Gasteiger partial charge in [0.25, 0.3) is 0 Å². The Kier molecular flexibility index (Phi) is 5.09. The smallest absolute Gasteiger partial charge is 0.320 e. The van der Waals surface area contributed by atoms with E-state index in [0.29, 0.717) is 28.5 Å². The third kappa shape index (κ3) is 4.21. The molecule has 1 aromatic rings. The minimum absolute atomic E-state index is 0.123. The number of ether oxygens (including phenoxy) is 1. The first-order chi connectivity index (χ1) is 12.7. The molecule has 7 nitrogen and oxygen atoms in total. The van der Waals surface area contributed by atoms with Gasteiger partial charge in [0, 0.05) is 28.4 Å². The molecular formula is C19H21N3O4S. The highest BCUT2D eigenvalue weighted by Gasteiger charge is 2.36. The van der Waals surface area contributed by atoms with Crippen molar-refractivity contribution < 1.29 is 19.4 Å². The number of carbonyl (C=O) groups is 2. The molecule has 0 aliphatic carbocycles. The number of urea groups is 1. The van der Waals surface area contributed by atoms with Crippen LogP contribution in [0.25, 0.3) is 5.70 Å². The van der Waals surface area contributed by atoms with Crippen molar-refractivity contribution in [2.45, 2.75) is 25.9 Å². The first-order valence-electron chi connectivity index (χ1n) is 8.41. The predicted octanol–water partition coefficient (Wildman–Crippen LogP) is 1.45. The van der Waals surface area contributed by atoms with Crippen LogP contribution < -0.4 is 16.2 Å². The second-order valence-electron chi connectivity index (χ2n) is 6.95. The molecule has 8 heteroatoms. The van der Waals surface area contributed by atoms with Crippen LogP contribution in [0.4, 0.5) is 4.79 Å². The zero-order valence-electron chi connectivity index (χ0n) is 15.1. The van der Waals surface area contributed by atoms with Crippen LogP contribution in [0.1, 0.15) is 31.4 Å². The molecule has 0 bridgehead atoms. The van der Waals surface area contributed by atoms with Crippen molar-refractivity contribution >= 4 is 29.4 Å². The number of aliphatic hydroxyl groups is 1. The predicted molar refractivity (Wildman–Crippen MR) is 103 cm³/mol. The summed E-state index contributed by atoms with van der Waals surface area (Å²) in [5, 5.41) is 9.82. The van der Waals surface area contributed by atoms with Gasteiger partial charge in [0.2, 0.25) is 5.91 Å². The minimum atomic E-state index is -1.12. The van der Waals surface area contributed by atoms with E-state index < -0.39 is 17.5 Å². The molecule has 3 amide bonds. The molecule has 142 valence electrons. The van der Waals surface area contributed by atoms with E-state index in [4.69, 9.17) is 16.2 Å². The summed E-state index contributed by atoms with van der Waals surface area (Å²) in [6.07, 6.45) is 0.123. The van der Waals surface area contributed by atoms with Gasteiger partial charge in [-0.1, -0.05) is 11.8 Å². The fourth-order valence-electron chi connectivity index (χ4n) is 2.97. The molecule has 27 heavy (non-hydrogen) atoms. The number of nitrogens with two attached hydrogens (primary N) is 2. The number of fused-ring (bicyclic) bond motifs is 2. The Labute approximate surface area is 161 Å². The Bertz CT molecular complexity index is 892. The highest BCUT2D eigenvalue weighted by atomic mass is 32.2. The van der Waals surface area contributed by atoms with Crippen molar-refractivity contribution in [3.8, 4) is 17.6 Å². The number of nitrogens with zero attached hydrogens (tertiary/aromatic N) is 1. The van der Waals surface area contributed by atoms with E-state index in [1.165, 1.54) is 16.7 Å². The summed E-state index contributed by atoms with van der Waals surface area (Å²) in [5.74, 6) is 5.97. The van der Waals surface area contributed by atoms with Gasteiger partial charge in [0.1, 0.15) is 11.4 Å². The van der Waals surface area contributed by atoms with Crippen LogP contribution >= 0.6 is 11.8 Å². The van der Waals surface area contributed by atoms with Crippen LogP contribution in [0, 0.1) is 17.8 Å². The van der Waals surface area contributed by atoms with Gasteiger partial charge in [-0.05, 0) is 32.0 Å². The lowest BCUT2D eigenvalue weighted by molar-refractivity contribution is -0.118. The fraction of sp³-hybridized carbons (Fsp3) is 0.368. The molecule has 0 radical (unpaired) electrons. The second-order valence-corrected chi connectivity index (χ2v) is 7.94. The maximum atomic E-state index is 12.0. The lowest BCUT2D eigenvalue weighted by atomic mass is 10.0. The monoisotopic (exact) mass is 387 g/mol. The molecule has 2 heterocycles. The van der Waals surface area contributed by atoms with Gasteiger partial charge in [0.15, 0.2) is 0 Å². The van der Waals surface area contributed by atoms with Crippen molar-refractivity contribution in [2.75, 3.05) is 12.5 Å². The number of carbonyl (C=O) groups excluding carboxylic acids is 2. The van der Waals surface area contributed by atoms with Crippen LogP contribution in [0.15, 0.2) is 23.1 Å². The van der Waals surface area contributed by atoms with Gasteiger partial charge < -0.3 is 21.3 Å². The van der Waals surface area contributed by atoms with Gasteiger partial charge in [-0.3, -0.25) is 9.69 Å². The van der Waals surface area contributed by atoms with E-state index in [1.54, 1.807) is 32.0 Å². The van der Waals surface area contributed by atoms with Crippen molar-refractivity contribution in [1.82, 2.24) is 4.90 Å². The van der Waals surface area contributed by atoms with Gasteiger partial charge in [-0.15, -0.1) is 11.8 Å². The molecule has 2 aliphatic heterocycles. The Hall–Kier alpha value is -2.63. The van der Waals surface area contributed by atoms with Crippen LogP contribution in [-0.2, 0) is 4.79 Å². The van der Waals surface area contributed by atoms with Crippen molar-refractivity contribution in [1.29, 1.82) is 0 Å². The summed E-state index contributed by atoms with van der Waals surface area (Å²) >= 11 is 1.45. The lowest BCUT2D eigenvalue weighted by Gasteiger charge is -2.19. The number of primary amides is 2. The molecular weight excluding hydrogens is 366 g/mol.